The Morgan fingerprint density at radius 1 is 1.19 bits per heavy atom. The minimum absolute atomic E-state index is 0.000880. The van der Waals surface area contributed by atoms with Crippen LogP contribution in [0.3, 0.4) is 0 Å². The molecule has 3 N–H and O–H groups in total. The zero-order valence-electron chi connectivity index (χ0n) is 16.9. The molecule has 4 aliphatic rings. The Balaban J connectivity index is 1.11. The molecule has 2 bridgehead atoms. The first-order chi connectivity index (χ1) is 14.8. The van der Waals surface area contributed by atoms with Crippen LogP contribution in [0.2, 0.25) is 5.02 Å². The summed E-state index contributed by atoms with van der Waals surface area (Å²) in [6.07, 6.45) is 2.08. The average molecular weight is 445 g/mol. The number of hydrogen-bond donors (Lipinski definition) is 3. The van der Waals surface area contributed by atoms with Crippen molar-refractivity contribution < 1.29 is 18.7 Å². The van der Waals surface area contributed by atoms with Crippen LogP contribution >= 0.6 is 11.6 Å². The van der Waals surface area contributed by atoms with Gasteiger partial charge in [-0.25, -0.2) is 9.82 Å². The number of benzene rings is 2. The van der Waals surface area contributed by atoms with Gasteiger partial charge in [-0.1, -0.05) is 29.8 Å². The number of ether oxygens (including phenoxy) is 1. The van der Waals surface area contributed by atoms with Crippen LogP contribution in [0.1, 0.15) is 30.9 Å². The fourth-order valence-electron chi connectivity index (χ4n) is 5.00. The zero-order chi connectivity index (χ0) is 21.8. The van der Waals surface area contributed by atoms with E-state index in [-0.39, 0.29) is 40.3 Å². The number of amides is 2. The standard InChI is InChI=1S/C22H22ClFN4O3/c1-28-17-5-3-2-4-14(17)19(27-28)20(30)26-22-10-21(11-22,12-22)25-18(29)9-31-13-6-7-15(23)16(24)8-13/h2-8,19,27H,9-12H2,1H3,(H,25,29)(H,26,30). The molecule has 6 rings (SSSR count). The molecule has 1 heterocycles. The van der Waals surface area contributed by atoms with E-state index in [0.717, 1.165) is 17.3 Å². The van der Waals surface area contributed by atoms with Crippen molar-refractivity contribution in [2.24, 2.45) is 0 Å². The van der Waals surface area contributed by atoms with Gasteiger partial charge >= 0.3 is 0 Å². The predicted molar refractivity (Wildman–Crippen MR) is 113 cm³/mol. The fourth-order valence-corrected chi connectivity index (χ4v) is 5.12. The van der Waals surface area contributed by atoms with Crippen LogP contribution in [0, 0.1) is 5.82 Å². The van der Waals surface area contributed by atoms with Crippen LogP contribution in [0.25, 0.3) is 0 Å². The van der Waals surface area contributed by atoms with Gasteiger partial charge in [0.1, 0.15) is 17.6 Å². The lowest BCUT2D eigenvalue weighted by Gasteiger charge is -2.70. The molecule has 31 heavy (non-hydrogen) atoms. The number of anilines is 1. The highest BCUT2D eigenvalue weighted by Gasteiger charge is 2.69. The van der Waals surface area contributed by atoms with E-state index in [9.17, 15) is 14.0 Å². The molecular formula is C22H22ClFN4O3. The van der Waals surface area contributed by atoms with Gasteiger partial charge in [0.15, 0.2) is 6.61 Å². The third-order valence-electron chi connectivity index (χ3n) is 6.28. The van der Waals surface area contributed by atoms with E-state index in [1.165, 1.54) is 12.1 Å². The monoisotopic (exact) mass is 444 g/mol. The summed E-state index contributed by atoms with van der Waals surface area (Å²) < 4.78 is 18.8. The van der Waals surface area contributed by atoms with E-state index < -0.39 is 11.9 Å². The Kier molecular flexibility index (Phi) is 4.60. The lowest BCUT2D eigenvalue weighted by molar-refractivity contribution is -0.151. The molecule has 0 radical (unpaired) electrons. The van der Waals surface area contributed by atoms with Crippen molar-refractivity contribution in [1.29, 1.82) is 0 Å². The van der Waals surface area contributed by atoms with Gasteiger partial charge in [0.25, 0.3) is 5.91 Å². The summed E-state index contributed by atoms with van der Waals surface area (Å²) in [6, 6.07) is 11.4. The van der Waals surface area contributed by atoms with Crippen molar-refractivity contribution >= 4 is 29.1 Å². The Hall–Kier alpha value is -2.84. The first kappa shape index (κ1) is 20.1. The van der Waals surface area contributed by atoms with Crippen molar-refractivity contribution in [2.75, 3.05) is 18.7 Å². The third kappa shape index (κ3) is 3.49. The second-order valence-corrected chi connectivity index (χ2v) is 9.08. The van der Waals surface area contributed by atoms with E-state index in [1.54, 1.807) is 0 Å². The van der Waals surface area contributed by atoms with E-state index in [4.69, 9.17) is 16.3 Å². The van der Waals surface area contributed by atoms with E-state index in [0.29, 0.717) is 19.3 Å². The van der Waals surface area contributed by atoms with Crippen molar-refractivity contribution in [3.05, 3.63) is 58.9 Å². The molecule has 2 amide bonds. The summed E-state index contributed by atoms with van der Waals surface area (Å²) in [5.41, 5.74) is 4.57. The summed E-state index contributed by atoms with van der Waals surface area (Å²) in [5.74, 6) is -0.692. The molecule has 0 saturated heterocycles. The number of hydrogen-bond acceptors (Lipinski definition) is 5. The first-order valence-corrected chi connectivity index (χ1v) is 10.5. The largest absolute Gasteiger partial charge is 0.484 e. The van der Waals surface area contributed by atoms with Crippen molar-refractivity contribution in [1.82, 2.24) is 16.1 Å². The Bertz CT molecular complexity index is 1060. The van der Waals surface area contributed by atoms with Crippen LogP contribution in [-0.4, -0.2) is 36.5 Å². The number of rotatable bonds is 6. The van der Waals surface area contributed by atoms with Gasteiger partial charge in [-0.3, -0.25) is 9.59 Å². The molecule has 1 unspecified atom stereocenters. The van der Waals surface area contributed by atoms with Gasteiger partial charge in [0, 0.05) is 29.8 Å². The minimum Gasteiger partial charge on any atom is -0.484 e. The lowest BCUT2D eigenvalue weighted by Crippen LogP contribution is -2.84. The van der Waals surface area contributed by atoms with Crippen LogP contribution in [0.15, 0.2) is 42.5 Å². The van der Waals surface area contributed by atoms with Gasteiger partial charge < -0.3 is 20.4 Å². The topological polar surface area (TPSA) is 82.7 Å². The maximum atomic E-state index is 13.5. The smallest absolute Gasteiger partial charge is 0.258 e. The molecule has 1 aliphatic heterocycles. The van der Waals surface area contributed by atoms with E-state index in [2.05, 4.69) is 16.1 Å². The molecule has 0 spiro atoms. The number of para-hydroxylation sites is 1. The number of nitrogens with one attached hydrogen (secondary N) is 3. The molecule has 162 valence electrons. The average Bonchev–Trinajstić information content (AvgIpc) is 3.03. The molecule has 9 heteroatoms. The van der Waals surface area contributed by atoms with Crippen molar-refractivity contribution in [3.8, 4) is 5.75 Å². The highest BCUT2D eigenvalue weighted by molar-refractivity contribution is 6.30. The highest BCUT2D eigenvalue weighted by Crippen LogP contribution is 2.60. The SMILES string of the molecule is CN1NC(C(=O)NC23CC(NC(=O)COc4ccc(Cl)c(F)c4)(C2)C3)c2ccccc21. The molecular weight excluding hydrogens is 423 g/mol. The summed E-state index contributed by atoms with van der Waals surface area (Å²) >= 11 is 5.64. The number of hydrazine groups is 1. The van der Waals surface area contributed by atoms with Crippen molar-refractivity contribution in [3.63, 3.8) is 0 Å². The molecule has 3 fully saturated rings. The summed E-state index contributed by atoms with van der Waals surface area (Å²) in [6.45, 7) is -0.211. The van der Waals surface area contributed by atoms with Gasteiger partial charge in [-0.2, -0.15) is 0 Å². The Morgan fingerprint density at radius 3 is 2.65 bits per heavy atom. The van der Waals surface area contributed by atoms with E-state index in [1.807, 2.05) is 36.3 Å². The number of fused-ring (bicyclic) bond motifs is 1. The van der Waals surface area contributed by atoms with Gasteiger partial charge in [-0.05, 0) is 37.5 Å². The van der Waals surface area contributed by atoms with Gasteiger partial charge in [-0.15, -0.1) is 0 Å². The minimum atomic E-state index is -0.595. The Morgan fingerprint density at radius 2 is 1.90 bits per heavy atom. The fraction of sp³-hybridized carbons (Fsp3) is 0.364. The predicted octanol–water partition coefficient (Wildman–Crippen LogP) is 2.46. The highest BCUT2D eigenvalue weighted by atomic mass is 35.5. The number of carbonyl (C=O) groups is 2. The van der Waals surface area contributed by atoms with Gasteiger partial charge in [0.05, 0.1) is 10.7 Å². The van der Waals surface area contributed by atoms with Crippen molar-refractivity contribution in [2.45, 2.75) is 36.4 Å². The molecule has 1 atom stereocenters. The number of halogens is 2. The zero-order valence-corrected chi connectivity index (χ0v) is 17.6. The molecule has 2 aromatic rings. The summed E-state index contributed by atoms with van der Waals surface area (Å²) in [7, 11) is 1.89. The number of nitrogens with zero attached hydrogens (tertiary/aromatic N) is 1. The van der Waals surface area contributed by atoms with Crippen LogP contribution in [0.4, 0.5) is 10.1 Å². The summed E-state index contributed by atoms with van der Waals surface area (Å²) in [4.78, 5) is 25.1. The second-order valence-electron chi connectivity index (χ2n) is 8.67. The number of carbonyl (C=O) groups excluding carboxylic acids is 2. The summed E-state index contributed by atoms with van der Waals surface area (Å²) in [5, 5.41) is 8.01. The molecule has 7 nitrogen and oxygen atoms in total. The maximum Gasteiger partial charge on any atom is 0.258 e. The Labute approximate surface area is 183 Å². The third-order valence-corrected chi connectivity index (χ3v) is 6.58. The molecule has 0 aromatic heterocycles. The molecule has 2 aromatic carbocycles. The first-order valence-electron chi connectivity index (χ1n) is 10.1. The van der Waals surface area contributed by atoms with Crippen LogP contribution < -0.4 is 25.8 Å². The second kappa shape index (κ2) is 7.10. The van der Waals surface area contributed by atoms with E-state index >= 15 is 0 Å². The molecule has 3 saturated carbocycles. The maximum absolute atomic E-state index is 13.5. The normalized spacial score (nSPS) is 27.6. The van der Waals surface area contributed by atoms with Crippen LogP contribution in [0.5, 0.6) is 5.75 Å². The molecule has 3 aliphatic carbocycles. The quantitative estimate of drug-likeness (QED) is 0.637. The van der Waals surface area contributed by atoms with Gasteiger partial charge in [0.2, 0.25) is 5.91 Å². The van der Waals surface area contributed by atoms with Crippen LogP contribution in [-0.2, 0) is 9.59 Å². The lowest BCUT2D eigenvalue weighted by atomic mass is 9.44.